The maximum Gasteiger partial charge on any atom is 0.230 e. The normalized spacial score (nSPS) is 21.2. The van der Waals surface area contributed by atoms with Crippen LogP contribution in [0.15, 0.2) is 47.3 Å². The van der Waals surface area contributed by atoms with Crippen LogP contribution >= 0.6 is 0 Å². The Hall–Kier alpha value is -3.67. The van der Waals surface area contributed by atoms with Gasteiger partial charge in [-0.25, -0.2) is 4.98 Å². The van der Waals surface area contributed by atoms with Gasteiger partial charge in [0.15, 0.2) is 0 Å². The van der Waals surface area contributed by atoms with Gasteiger partial charge in [0, 0.05) is 22.6 Å². The SMILES string of the molecule is COc1c2ccc(O/C=C/C3(C)CCc4c5c(c(C)c(C)c4O3)OC(C)(CCCC(C)CCCC(C)CCCC(C)C)CC5)cc2nc2occc12. The van der Waals surface area contributed by atoms with Crippen molar-refractivity contribution in [3.05, 3.63) is 65.1 Å². The molecule has 0 fully saturated rings. The molecule has 4 aromatic rings. The average Bonchev–Trinajstić information content (AvgIpc) is 3.57. The van der Waals surface area contributed by atoms with Crippen molar-refractivity contribution in [2.24, 2.45) is 17.8 Å². The Balaban J connectivity index is 1.04. The van der Waals surface area contributed by atoms with Gasteiger partial charge in [-0.05, 0) is 119 Å². The Morgan fingerprint density at radius 2 is 1.46 bits per heavy atom. The summed E-state index contributed by atoms with van der Waals surface area (Å²) in [5.41, 5.74) is 5.80. The first-order chi connectivity index (χ1) is 24.9. The van der Waals surface area contributed by atoms with Crippen molar-refractivity contribution in [1.29, 1.82) is 0 Å². The first-order valence-electron chi connectivity index (χ1n) is 20.1. The van der Waals surface area contributed by atoms with Gasteiger partial charge in [0.2, 0.25) is 5.71 Å². The van der Waals surface area contributed by atoms with Crippen LogP contribution in [0.1, 0.15) is 134 Å². The van der Waals surface area contributed by atoms with Crippen LogP contribution in [0.5, 0.6) is 23.0 Å². The minimum Gasteiger partial charge on any atom is -0.495 e. The van der Waals surface area contributed by atoms with Crippen LogP contribution in [-0.4, -0.2) is 23.3 Å². The van der Waals surface area contributed by atoms with Crippen molar-refractivity contribution in [1.82, 2.24) is 4.98 Å². The monoisotopic (exact) mass is 709 g/mol. The van der Waals surface area contributed by atoms with Crippen LogP contribution < -0.4 is 18.9 Å². The van der Waals surface area contributed by atoms with Crippen molar-refractivity contribution in [2.45, 2.75) is 150 Å². The molecule has 4 unspecified atom stereocenters. The van der Waals surface area contributed by atoms with Crippen LogP contribution in [0.25, 0.3) is 22.0 Å². The van der Waals surface area contributed by atoms with E-state index in [0.29, 0.717) is 11.5 Å². The van der Waals surface area contributed by atoms with E-state index in [1.165, 1.54) is 73.6 Å². The van der Waals surface area contributed by atoms with E-state index in [0.717, 1.165) is 83.4 Å². The predicted octanol–water partition coefficient (Wildman–Crippen LogP) is 12.8. The molecular formula is C46H63NO5. The zero-order chi connectivity index (χ0) is 37.0. The zero-order valence-electron chi connectivity index (χ0n) is 33.5. The third-order valence-electron chi connectivity index (χ3n) is 12.0. The fourth-order valence-electron chi connectivity index (χ4n) is 8.47. The largest absolute Gasteiger partial charge is 0.495 e. The molecule has 2 aliphatic heterocycles. The molecule has 0 saturated carbocycles. The lowest BCUT2D eigenvalue weighted by Crippen LogP contribution is -2.39. The molecule has 0 N–H and O–H groups in total. The van der Waals surface area contributed by atoms with E-state index in [9.17, 15) is 0 Å². The highest BCUT2D eigenvalue weighted by Gasteiger charge is 2.39. The summed E-state index contributed by atoms with van der Waals surface area (Å²) in [6, 6.07) is 7.71. The van der Waals surface area contributed by atoms with Crippen LogP contribution in [-0.2, 0) is 12.8 Å². The lowest BCUT2D eigenvalue weighted by atomic mass is 9.81. The second kappa shape index (κ2) is 16.1. The summed E-state index contributed by atoms with van der Waals surface area (Å²) in [7, 11) is 1.67. The number of hydrogen-bond acceptors (Lipinski definition) is 6. The van der Waals surface area contributed by atoms with Gasteiger partial charge in [-0.1, -0.05) is 72.6 Å². The van der Waals surface area contributed by atoms with E-state index in [1.807, 2.05) is 30.3 Å². The zero-order valence-corrected chi connectivity index (χ0v) is 33.5. The van der Waals surface area contributed by atoms with Gasteiger partial charge in [0.1, 0.15) is 34.2 Å². The molecule has 2 aromatic carbocycles. The van der Waals surface area contributed by atoms with Gasteiger partial charge < -0.3 is 23.4 Å². The molecule has 52 heavy (non-hydrogen) atoms. The molecule has 2 aliphatic rings. The number of aromatic nitrogens is 1. The topological polar surface area (TPSA) is 63.0 Å². The van der Waals surface area contributed by atoms with Gasteiger partial charge in [-0.3, -0.25) is 0 Å². The number of methoxy groups -OCH3 is 1. The molecule has 0 aliphatic carbocycles. The molecule has 4 atom stereocenters. The number of fused-ring (bicyclic) bond motifs is 5. The first kappa shape index (κ1) is 38.1. The molecule has 6 nitrogen and oxygen atoms in total. The lowest BCUT2D eigenvalue weighted by Gasteiger charge is -2.41. The summed E-state index contributed by atoms with van der Waals surface area (Å²) < 4.78 is 31.1. The number of ether oxygens (including phenoxy) is 4. The van der Waals surface area contributed by atoms with E-state index in [-0.39, 0.29) is 5.60 Å². The highest BCUT2D eigenvalue weighted by Crippen LogP contribution is 2.49. The van der Waals surface area contributed by atoms with Crippen molar-refractivity contribution < 1.29 is 23.4 Å². The maximum absolute atomic E-state index is 6.97. The molecule has 0 bridgehead atoms. The molecule has 6 rings (SSSR count). The molecule has 0 amide bonds. The standard InChI is InChI=1S/C46H63NO5/c1-30(2)13-10-14-31(3)15-11-16-32(4)17-12-23-45(7)24-20-36-37-21-25-46(8,52-42(37)34(6)33(5)41(36)51-45)26-28-49-35-18-19-38-40(29-35)47-44-39(22-27-50-44)43(38)48-9/h18-19,22,26-32H,10-17,20-21,23-25H2,1-9H3/b28-26+. The number of benzene rings is 2. The number of rotatable bonds is 16. The van der Waals surface area contributed by atoms with E-state index < -0.39 is 5.60 Å². The van der Waals surface area contributed by atoms with E-state index in [2.05, 4.69) is 60.4 Å². The Bertz CT molecular complexity index is 1870. The van der Waals surface area contributed by atoms with Crippen LogP contribution in [0.3, 0.4) is 0 Å². The Labute approximate surface area is 312 Å². The fraction of sp³-hybridized carbons (Fsp3) is 0.587. The minimum absolute atomic E-state index is 0.111. The van der Waals surface area contributed by atoms with Gasteiger partial charge in [-0.2, -0.15) is 0 Å². The fourth-order valence-corrected chi connectivity index (χ4v) is 8.47. The van der Waals surface area contributed by atoms with Crippen molar-refractivity contribution >= 4 is 22.0 Å². The quantitative estimate of drug-likeness (QED) is 0.108. The molecular weight excluding hydrogens is 647 g/mol. The Morgan fingerprint density at radius 1 is 0.808 bits per heavy atom. The van der Waals surface area contributed by atoms with E-state index in [1.54, 1.807) is 19.6 Å². The van der Waals surface area contributed by atoms with Crippen molar-refractivity contribution in [2.75, 3.05) is 7.11 Å². The second-order valence-electron chi connectivity index (χ2n) is 17.1. The number of nitrogens with zero attached hydrogens (tertiary/aromatic N) is 1. The molecule has 2 aromatic heterocycles. The summed E-state index contributed by atoms with van der Waals surface area (Å²) in [6.07, 6.45) is 21.2. The third kappa shape index (κ3) is 8.58. The van der Waals surface area contributed by atoms with Gasteiger partial charge >= 0.3 is 0 Å². The molecule has 282 valence electrons. The lowest BCUT2D eigenvalue weighted by molar-refractivity contribution is 0.0494. The number of hydrogen-bond donors (Lipinski definition) is 0. The molecule has 6 heteroatoms. The van der Waals surface area contributed by atoms with Crippen molar-refractivity contribution in [3.8, 4) is 23.0 Å². The molecule has 4 heterocycles. The van der Waals surface area contributed by atoms with E-state index >= 15 is 0 Å². The Kier molecular flexibility index (Phi) is 11.8. The van der Waals surface area contributed by atoms with Crippen LogP contribution in [0.2, 0.25) is 0 Å². The minimum atomic E-state index is -0.483. The number of furan rings is 1. The summed E-state index contributed by atoms with van der Waals surface area (Å²) in [5.74, 6) is 6.06. The molecule has 0 spiro atoms. The maximum atomic E-state index is 6.97. The number of pyridine rings is 1. The Morgan fingerprint density at radius 3 is 2.15 bits per heavy atom. The van der Waals surface area contributed by atoms with Gasteiger partial charge in [0.25, 0.3) is 0 Å². The highest BCUT2D eigenvalue weighted by molar-refractivity contribution is 5.99. The first-order valence-corrected chi connectivity index (χ1v) is 20.1. The summed E-state index contributed by atoms with van der Waals surface area (Å²) in [6.45, 7) is 18.5. The second-order valence-corrected chi connectivity index (χ2v) is 17.1. The highest BCUT2D eigenvalue weighted by atomic mass is 16.5. The van der Waals surface area contributed by atoms with Crippen LogP contribution in [0, 0.1) is 31.6 Å². The third-order valence-corrected chi connectivity index (χ3v) is 12.0. The molecule has 0 radical (unpaired) electrons. The summed E-state index contributed by atoms with van der Waals surface area (Å²) in [5, 5.41) is 1.77. The smallest absolute Gasteiger partial charge is 0.230 e. The average molecular weight is 710 g/mol. The van der Waals surface area contributed by atoms with Crippen LogP contribution in [0.4, 0.5) is 0 Å². The van der Waals surface area contributed by atoms with E-state index in [4.69, 9.17) is 23.4 Å². The predicted molar refractivity (Wildman–Crippen MR) is 213 cm³/mol. The van der Waals surface area contributed by atoms with Gasteiger partial charge in [0.05, 0.1) is 30.5 Å². The van der Waals surface area contributed by atoms with Gasteiger partial charge in [-0.15, -0.1) is 0 Å². The molecule has 0 saturated heterocycles. The summed E-state index contributed by atoms with van der Waals surface area (Å²) in [4.78, 5) is 4.67. The van der Waals surface area contributed by atoms with Crippen molar-refractivity contribution in [3.63, 3.8) is 0 Å². The summed E-state index contributed by atoms with van der Waals surface area (Å²) >= 11 is 0.